The summed E-state index contributed by atoms with van der Waals surface area (Å²) in [7, 11) is 1.93. The van der Waals surface area contributed by atoms with E-state index in [-0.39, 0.29) is 22.0 Å². The van der Waals surface area contributed by atoms with Gasteiger partial charge in [0.2, 0.25) is 5.78 Å². The number of aliphatic hydroxyl groups excluding tert-OH is 1. The number of aliphatic hydroxyl groups is 1. The van der Waals surface area contributed by atoms with Crippen LogP contribution in [-0.4, -0.2) is 41.0 Å². The van der Waals surface area contributed by atoms with Crippen molar-refractivity contribution in [3.8, 4) is 11.5 Å². The first-order valence-corrected chi connectivity index (χ1v) is 7.65. The van der Waals surface area contributed by atoms with Crippen LogP contribution < -0.4 is 5.32 Å². The minimum Gasteiger partial charge on any atom is -0.504 e. The second kappa shape index (κ2) is 8.50. The zero-order valence-electron chi connectivity index (χ0n) is 12.8. The van der Waals surface area contributed by atoms with Gasteiger partial charge in [0.1, 0.15) is 6.29 Å². The molecule has 7 heteroatoms. The van der Waals surface area contributed by atoms with Crippen LogP contribution in [0.15, 0.2) is 34.0 Å². The van der Waals surface area contributed by atoms with Crippen molar-refractivity contribution in [3.63, 3.8) is 0 Å². The summed E-state index contributed by atoms with van der Waals surface area (Å²) in [5, 5.41) is 32.0. The summed E-state index contributed by atoms with van der Waals surface area (Å²) in [6, 6.07) is 1.46. The highest BCUT2D eigenvalue weighted by Crippen LogP contribution is 2.40. The molecule has 4 N–H and O–H groups in total. The fourth-order valence-corrected chi connectivity index (χ4v) is 2.28. The lowest BCUT2D eigenvalue weighted by Gasteiger charge is -2.14. The standard InChI is InChI=1S/C13H9BrO5.C3H9N/c14-8-4-7-2-1-6(5-15)3-9(16)12(18)10(7)13(19)11(8)17;1-3-4-2/h1,3-5,16-17,19H,2H2;4H,3H2,1-2H3/b6-1+,9-3+;. The van der Waals surface area contributed by atoms with Crippen LogP contribution in [0.3, 0.4) is 0 Å². The molecular weight excluding hydrogens is 366 g/mol. The Labute approximate surface area is 142 Å². The number of aldehydes is 1. The third-order valence-electron chi connectivity index (χ3n) is 3.12. The summed E-state index contributed by atoms with van der Waals surface area (Å²) in [5.41, 5.74) is 0.391. The van der Waals surface area contributed by atoms with Gasteiger partial charge in [-0.05, 0) is 53.6 Å². The Balaban J connectivity index is 0.000000593. The minimum atomic E-state index is -0.845. The summed E-state index contributed by atoms with van der Waals surface area (Å²) in [4.78, 5) is 22.7. The summed E-state index contributed by atoms with van der Waals surface area (Å²) < 4.78 is 0.224. The largest absolute Gasteiger partial charge is 0.504 e. The van der Waals surface area contributed by atoms with Gasteiger partial charge in [-0.25, -0.2) is 0 Å². The normalized spacial score (nSPS) is 18.1. The van der Waals surface area contributed by atoms with Crippen LogP contribution in [-0.2, 0) is 11.2 Å². The fraction of sp³-hybridized carbons (Fsp3) is 0.250. The quantitative estimate of drug-likeness (QED) is 0.461. The van der Waals surface area contributed by atoms with E-state index in [0.717, 1.165) is 12.6 Å². The second-order valence-corrected chi connectivity index (χ2v) is 5.54. The molecule has 6 nitrogen and oxygen atoms in total. The number of phenols is 2. The van der Waals surface area contributed by atoms with E-state index in [1.54, 1.807) is 0 Å². The number of carbonyl (C=O) groups excluding carboxylic acids is 2. The van der Waals surface area contributed by atoms with Gasteiger partial charge in [-0.3, -0.25) is 9.59 Å². The minimum absolute atomic E-state index is 0.167. The predicted octanol–water partition coefficient (Wildman–Crippen LogP) is 2.39. The molecule has 1 aliphatic rings. The maximum Gasteiger partial charge on any atom is 0.231 e. The van der Waals surface area contributed by atoms with Gasteiger partial charge < -0.3 is 20.6 Å². The Hall–Kier alpha value is -2.12. The number of hydrogen-bond donors (Lipinski definition) is 4. The van der Waals surface area contributed by atoms with Crippen LogP contribution in [0.25, 0.3) is 0 Å². The van der Waals surface area contributed by atoms with E-state index < -0.39 is 23.0 Å². The molecule has 2 rings (SSSR count). The van der Waals surface area contributed by atoms with Crippen LogP contribution in [0, 0.1) is 0 Å². The number of carbonyl (C=O) groups is 2. The Morgan fingerprint density at radius 1 is 1.30 bits per heavy atom. The molecule has 1 aliphatic carbocycles. The van der Waals surface area contributed by atoms with Crippen LogP contribution in [0.1, 0.15) is 22.8 Å². The first-order chi connectivity index (χ1) is 10.9. The number of aromatic hydroxyl groups is 2. The van der Waals surface area contributed by atoms with E-state index in [2.05, 4.69) is 28.2 Å². The highest BCUT2D eigenvalue weighted by Gasteiger charge is 2.25. The molecule has 0 unspecified atom stereocenters. The molecule has 0 fully saturated rings. The Morgan fingerprint density at radius 3 is 2.43 bits per heavy atom. The molecule has 1 aromatic rings. The third-order valence-corrected chi connectivity index (χ3v) is 3.72. The number of hydrogen-bond acceptors (Lipinski definition) is 6. The number of rotatable bonds is 2. The van der Waals surface area contributed by atoms with E-state index in [9.17, 15) is 24.9 Å². The summed E-state index contributed by atoms with van der Waals surface area (Å²) in [6.07, 6.45) is 3.27. The first-order valence-electron chi connectivity index (χ1n) is 6.85. The van der Waals surface area contributed by atoms with Crippen LogP contribution in [0.2, 0.25) is 0 Å². The van der Waals surface area contributed by atoms with Crippen LogP contribution in [0.4, 0.5) is 0 Å². The topological polar surface area (TPSA) is 107 Å². The van der Waals surface area contributed by atoms with E-state index in [4.69, 9.17) is 0 Å². The van der Waals surface area contributed by atoms with Gasteiger partial charge in [-0.15, -0.1) is 0 Å². The summed E-state index contributed by atoms with van der Waals surface area (Å²) in [5.74, 6) is -2.59. The van der Waals surface area contributed by atoms with E-state index in [1.807, 2.05) is 7.05 Å². The molecule has 0 radical (unpaired) electrons. The fourth-order valence-electron chi connectivity index (χ4n) is 1.81. The van der Waals surface area contributed by atoms with Gasteiger partial charge >= 0.3 is 0 Å². The molecule has 124 valence electrons. The van der Waals surface area contributed by atoms with Crippen molar-refractivity contribution < 1.29 is 24.9 Å². The van der Waals surface area contributed by atoms with E-state index in [1.165, 1.54) is 12.1 Å². The maximum absolute atomic E-state index is 12.0. The number of benzene rings is 1. The Morgan fingerprint density at radius 2 is 1.91 bits per heavy atom. The van der Waals surface area contributed by atoms with Gasteiger partial charge in [-0.1, -0.05) is 13.0 Å². The molecule has 0 aliphatic heterocycles. The average Bonchev–Trinajstić information content (AvgIpc) is 2.54. The number of ketones is 1. The zero-order valence-corrected chi connectivity index (χ0v) is 14.3. The Bertz CT molecular complexity index is 678. The van der Waals surface area contributed by atoms with Gasteiger partial charge in [-0.2, -0.15) is 0 Å². The van der Waals surface area contributed by atoms with E-state index in [0.29, 0.717) is 11.8 Å². The molecule has 0 saturated carbocycles. The van der Waals surface area contributed by atoms with Crippen molar-refractivity contribution in [2.45, 2.75) is 13.3 Å². The Kier molecular flexibility index (Phi) is 6.99. The van der Waals surface area contributed by atoms with Gasteiger partial charge in [0.15, 0.2) is 17.3 Å². The zero-order chi connectivity index (χ0) is 17.6. The molecule has 0 spiro atoms. The second-order valence-electron chi connectivity index (χ2n) is 4.68. The highest BCUT2D eigenvalue weighted by molar-refractivity contribution is 9.10. The monoisotopic (exact) mass is 383 g/mol. The lowest BCUT2D eigenvalue weighted by molar-refractivity contribution is -0.104. The lowest BCUT2D eigenvalue weighted by atomic mass is 9.94. The molecule has 0 bridgehead atoms. The molecule has 0 heterocycles. The molecular formula is C16H18BrNO5. The summed E-state index contributed by atoms with van der Waals surface area (Å²) >= 11 is 3.05. The van der Waals surface area contributed by atoms with E-state index >= 15 is 0 Å². The molecule has 0 saturated heterocycles. The van der Waals surface area contributed by atoms with Gasteiger partial charge in [0.25, 0.3) is 0 Å². The number of Topliss-reactive ketones (excluding diaryl/α,β-unsaturated/α-hetero) is 1. The van der Waals surface area contributed by atoms with Crippen molar-refractivity contribution in [3.05, 3.63) is 45.2 Å². The van der Waals surface area contributed by atoms with Crippen LogP contribution >= 0.6 is 15.9 Å². The van der Waals surface area contributed by atoms with Crippen LogP contribution in [0.5, 0.6) is 11.5 Å². The predicted molar refractivity (Wildman–Crippen MR) is 90.0 cm³/mol. The smallest absolute Gasteiger partial charge is 0.231 e. The molecule has 0 atom stereocenters. The first kappa shape index (κ1) is 18.9. The number of allylic oxidation sites excluding steroid dienone is 4. The third kappa shape index (κ3) is 4.43. The molecule has 0 amide bonds. The lowest BCUT2D eigenvalue weighted by Crippen LogP contribution is -2.10. The average molecular weight is 384 g/mol. The van der Waals surface area contributed by atoms with Crippen molar-refractivity contribution in [2.75, 3.05) is 13.6 Å². The van der Waals surface area contributed by atoms with Crippen molar-refractivity contribution in [2.24, 2.45) is 0 Å². The molecule has 23 heavy (non-hydrogen) atoms. The number of phenolic OH excluding ortho intramolecular Hbond substituents is 2. The number of fused-ring (bicyclic) bond motifs is 1. The summed E-state index contributed by atoms with van der Waals surface area (Å²) in [6.45, 7) is 3.14. The van der Waals surface area contributed by atoms with Gasteiger partial charge in [0, 0.05) is 5.57 Å². The SMILES string of the molecule is CCNC.O=CC1=C/Cc2cc(Br)c(O)c(O)c2C(=O)/C(O)=C\1. The van der Waals surface area contributed by atoms with Gasteiger partial charge in [0.05, 0.1) is 10.0 Å². The number of nitrogens with one attached hydrogen (secondary N) is 1. The molecule has 1 aromatic carbocycles. The number of halogens is 1. The highest BCUT2D eigenvalue weighted by atomic mass is 79.9. The molecule has 0 aromatic heterocycles. The maximum atomic E-state index is 12.0. The van der Waals surface area contributed by atoms with Crippen molar-refractivity contribution in [1.82, 2.24) is 5.32 Å². The van der Waals surface area contributed by atoms with Crippen molar-refractivity contribution >= 4 is 28.0 Å². The van der Waals surface area contributed by atoms with Crippen molar-refractivity contribution in [1.29, 1.82) is 0 Å².